The Hall–Kier alpha value is -1.48. The van der Waals surface area contributed by atoms with E-state index in [1.54, 1.807) is 7.11 Å². The number of hydrogen-bond acceptors (Lipinski definition) is 2. The number of nitrogens with zero attached hydrogens (tertiary/aromatic N) is 1. The molecule has 1 N–H and O–H groups in total. The lowest BCUT2D eigenvalue weighted by molar-refractivity contribution is 0.420. The highest BCUT2D eigenvalue weighted by molar-refractivity contribution is 5.86. The molecular weight excluding hydrogens is 248 g/mol. The van der Waals surface area contributed by atoms with Gasteiger partial charge in [0.2, 0.25) is 0 Å². The van der Waals surface area contributed by atoms with Crippen molar-refractivity contribution < 1.29 is 4.74 Å². The fourth-order valence-electron chi connectivity index (χ4n) is 3.25. The Kier molecular flexibility index (Phi) is 4.26. The molecule has 3 heteroatoms. The van der Waals surface area contributed by atoms with Gasteiger partial charge in [-0.15, -0.1) is 0 Å². The van der Waals surface area contributed by atoms with E-state index in [4.69, 9.17) is 4.74 Å². The van der Waals surface area contributed by atoms with Crippen molar-refractivity contribution >= 4 is 10.9 Å². The zero-order valence-electron chi connectivity index (χ0n) is 12.3. The van der Waals surface area contributed by atoms with Crippen LogP contribution in [0.3, 0.4) is 0 Å². The molecule has 1 aromatic heterocycles. The largest absolute Gasteiger partial charge is 0.496 e. The predicted octanol–water partition coefficient (Wildman–Crippen LogP) is 3.57. The number of aromatic nitrogens is 1. The van der Waals surface area contributed by atoms with Crippen LogP contribution < -0.4 is 10.1 Å². The van der Waals surface area contributed by atoms with Gasteiger partial charge in [0.1, 0.15) is 5.75 Å². The first-order valence-corrected chi connectivity index (χ1v) is 7.74. The van der Waals surface area contributed by atoms with Gasteiger partial charge in [0.05, 0.1) is 12.6 Å². The van der Waals surface area contributed by atoms with Crippen molar-refractivity contribution in [2.45, 2.75) is 44.7 Å². The molecule has 0 unspecified atom stereocenters. The normalized spacial score (nSPS) is 16.1. The third-order valence-corrected chi connectivity index (χ3v) is 4.36. The van der Waals surface area contributed by atoms with Crippen LogP contribution in [0, 0.1) is 0 Å². The van der Waals surface area contributed by atoms with E-state index in [1.807, 2.05) is 6.07 Å². The van der Waals surface area contributed by atoms with Gasteiger partial charge in [0, 0.05) is 24.2 Å². The average Bonchev–Trinajstić information content (AvgIpc) is 3.13. The van der Waals surface area contributed by atoms with Crippen LogP contribution in [-0.4, -0.2) is 24.3 Å². The first-order valence-electron chi connectivity index (χ1n) is 7.74. The van der Waals surface area contributed by atoms with Crippen LogP contribution >= 0.6 is 0 Å². The van der Waals surface area contributed by atoms with E-state index in [0.717, 1.165) is 24.9 Å². The van der Waals surface area contributed by atoms with Crippen LogP contribution in [0.25, 0.3) is 10.9 Å². The number of methoxy groups -OCH3 is 1. The molecule has 0 saturated heterocycles. The Morgan fingerprint density at radius 2 is 2.10 bits per heavy atom. The topological polar surface area (TPSA) is 26.2 Å². The highest BCUT2D eigenvalue weighted by Crippen LogP contribution is 2.26. The molecular formula is C17H24N2O. The standard InChI is InChI=1S/C17H24N2O/c1-20-17-9-4-8-16-15(17)10-13-19(16)12-5-11-18-14-6-2-3-7-14/h4,8-10,13-14,18H,2-3,5-7,11-12H2,1H3. The van der Waals surface area contributed by atoms with Crippen molar-refractivity contribution in [2.24, 2.45) is 0 Å². The van der Waals surface area contributed by atoms with Gasteiger partial charge in [-0.25, -0.2) is 0 Å². The fourth-order valence-corrected chi connectivity index (χ4v) is 3.25. The minimum absolute atomic E-state index is 0.775. The van der Waals surface area contributed by atoms with Crippen molar-refractivity contribution in [2.75, 3.05) is 13.7 Å². The van der Waals surface area contributed by atoms with E-state index in [-0.39, 0.29) is 0 Å². The second kappa shape index (κ2) is 6.31. The Morgan fingerprint density at radius 3 is 2.90 bits per heavy atom. The van der Waals surface area contributed by atoms with E-state index in [0.29, 0.717) is 0 Å². The Labute approximate surface area is 120 Å². The van der Waals surface area contributed by atoms with E-state index in [1.165, 1.54) is 43.0 Å². The SMILES string of the molecule is COc1cccc2c1ccn2CCCNC1CCCC1. The van der Waals surface area contributed by atoms with Crippen molar-refractivity contribution in [3.05, 3.63) is 30.5 Å². The van der Waals surface area contributed by atoms with Crippen molar-refractivity contribution in [3.63, 3.8) is 0 Å². The number of benzene rings is 1. The molecule has 1 aromatic carbocycles. The molecule has 1 aliphatic carbocycles. The minimum Gasteiger partial charge on any atom is -0.496 e. The lowest BCUT2D eigenvalue weighted by Gasteiger charge is -2.12. The van der Waals surface area contributed by atoms with Gasteiger partial charge in [-0.05, 0) is 44.0 Å². The highest BCUT2D eigenvalue weighted by Gasteiger charge is 2.13. The number of hydrogen-bond donors (Lipinski definition) is 1. The highest BCUT2D eigenvalue weighted by atomic mass is 16.5. The van der Waals surface area contributed by atoms with Crippen molar-refractivity contribution in [1.29, 1.82) is 0 Å². The summed E-state index contributed by atoms with van der Waals surface area (Å²) in [6.45, 7) is 2.19. The van der Waals surface area contributed by atoms with E-state index < -0.39 is 0 Å². The Morgan fingerprint density at radius 1 is 1.25 bits per heavy atom. The van der Waals surface area contributed by atoms with Crippen LogP contribution in [-0.2, 0) is 6.54 Å². The summed E-state index contributed by atoms with van der Waals surface area (Å²) in [4.78, 5) is 0. The van der Waals surface area contributed by atoms with Crippen LogP contribution in [0.1, 0.15) is 32.1 Å². The Bertz CT molecular complexity index is 555. The maximum absolute atomic E-state index is 5.41. The van der Waals surface area contributed by atoms with Crippen molar-refractivity contribution in [3.8, 4) is 5.75 Å². The molecule has 3 rings (SSSR count). The summed E-state index contributed by atoms with van der Waals surface area (Å²) in [5.74, 6) is 0.963. The summed E-state index contributed by atoms with van der Waals surface area (Å²) in [6, 6.07) is 9.18. The van der Waals surface area contributed by atoms with Crippen LogP contribution in [0.2, 0.25) is 0 Å². The van der Waals surface area contributed by atoms with E-state index >= 15 is 0 Å². The number of aryl methyl sites for hydroxylation is 1. The summed E-state index contributed by atoms with van der Waals surface area (Å²) in [6.07, 6.45) is 8.88. The molecule has 0 atom stereocenters. The monoisotopic (exact) mass is 272 g/mol. The molecule has 1 aliphatic rings. The lowest BCUT2D eigenvalue weighted by atomic mass is 10.2. The number of rotatable bonds is 6. The van der Waals surface area contributed by atoms with Gasteiger partial charge in [-0.1, -0.05) is 18.9 Å². The molecule has 0 spiro atoms. The molecule has 20 heavy (non-hydrogen) atoms. The first-order chi connectivity index (χ1) is 9.88. The molecule has 3 nitrogen and oxygen atoms in total. The zero-order valence-corrected chi connectivity index (χ0v) is 12.3. The minimum atomic E-state index is 0.775. The lowest BCUT2D eigenvalue weighted by Crippen LogP contribution is -2.27. The maximum atomic E-state index is 5.41. The van der Waals surface area contributed by atoms with Gasteiger partial charge in [-0.3, -0.25) is 0 Å². The third kappa shape index (κ3) is 2.83. The Balaban J connectivity index is 1.57. The third-order valence-electron chi connectivity index (χ3n) is 4.36. The van der Waals surface area contributed by atoms with E-state index in [2.05, 4.69) is 34.3 Å². The summed E-state index contributed by atoms with van der Waals surface area (Å²) in [5.41, 5.74) is 1.27. The first kappa shape index (κ1) is 13.5. The van der Waals surface area contributed by atoms with Crippen LogP contribution in [0.4, 0.5) is 0 Å². The van der Waals surface area contributed by atoms with Gasteiger partial charge in [0.15, 0.2) is 0 Å². The number of nitrogens with one attached hydrogen (secondary N) is 1. The van der Waals surface area contributed by atoms with Crippen molar-refractivity contribution in [1.82, 2.24) is 9.88 Å². The van der Waals surface area contributed by atoms with Gasteiger partial charge in [0.25, 0.3) is 0 Å². The number of fused-ring (bicyclic) bond motifs is 1. The van der Waals surface area contributed by atoms with Gasteiger partial charge in [-0.2, -0.15) is 0 Å². The summed E-state index contributed by atoms with van der Waals surface area (Å²) in [7, 11) is 1.73. The molecule has 0 amide bonds. The number of ether oxygens (including phenoxy) is 1. The molecule has 0 radical (unpaired) electrons. The van der Waals surface area contributed by atoms with Crippen LogP contribution in [0.5, 0.6) is 5.75 Å². The zero-order chi connectivity index (χ0) is 13.8. The molecule has 2 aromatic rings. The molecule has 1 heterocycles. The van der Waals surface area contributed by atoms with Gasteiger partial charge >= 0.3 is 0 Å². The summed E-state index contributed by atoms with van der Waals surface area (Å²) in [5, 5.41) is 4.88. The second-order valence-corrected chi connectivity index (χ2v) is 5.69. The summed E-state index contributed by atoms with van der Waals surface area (Å²) >= 11 is 0. The second-order valence-electron chi connectivity index (χ2n) is 5.69. The van der Waals surface area contributed by atoms with Gasteiger partial charge < -0.3 is 14.6 Å². The summed E-state index contributed by atoms with van der Waals surface area (Å²) < 4.78 is 7.74. The molecule has 108 valence electrons. The molecule has 1 fully saturated rings. The van der Waals surface area contributed by atoms with E-state index in [9.17, 15) is 0 Å². The molecule has 0 bridgehead atoms. The molecule has 0 aliphatic heterocycles. The average molecular weight is 272 g/mol. The van der Waals surface area contributed by atoms with Crippen LogP contribution in [0.15, 0.2) is 30.5 Å². The predicted molar refractivity (Wildman–Crippen MR) is 83.4 cm³/mol. The smallest absolute Gasteiger partial charge is 0.128 e. The molecule has 1 saturated carbocycles. The quantitative estimate of drug-likeness (QED) is 0.814. The fraction of sp³-hybridized carbons (Fsp3) is 0.529. The maximum Gasteiger partial charge on any atom is 0.128 e.